The van der Waals surface area contributed by atoms with Crippen molar-refractivity contribution in [3.63, 3.8) is 0 Å². The summed E-state index contributed by atoms with van der Waals surface area (Å²) in [6.45, 7) is 1.36. The Kier molecular flexibility index (Phi) is 5.39. The summed E-state index contributed by atoms with van der Waals surface area (Å²) in [5.41, 5.74) is 1.80. The van der Waals surface area contributed by atoms with Gasteiger partial charge < -0.3 is 25.7 Å². The second-order valence-electron chi connectivity index (χ2n) is 5.15. The average Bonchev–Trinajstić information content (AvgIpc) is 2.57. The van der Waals surface area contributed by atoms with Gasteiger partial charge in [-0.2, -0.15) is 0 Å². The lowest BCUT2D eigenvalue weighted by Gasteiger charge is -2.11. The highest BCUT2D eigenvalue weighted by atomic mass is 16.3. The van der Waals surface area contributed by atoms with E-state index in [0.717, 1.165) is 0 Å². The quantitative estimate of drug-likeness (QED) is 0.416. The fourth-order valence-electron chi connectivity index (χ4n) is 2.07. The molecule has 0 aliphatic carbocycles. The number of aryl methyl sites for hydroxylation is 1. The lowest BCUT2D eigenvalue weighted by Crippen LogP contribution is -2.21. The molecule has 0 aliphatic heterocycles. The number of nitrogens with one attached hydrogen (secondary N) is 1. The van der Waals surface area contributed by atoms with Crippen molar-refractivity contribution in [3.05, 3.63) is 52.9 Å². The fourth-order valence-corrected chi connectivity index (χ4v) is 2.07. The molecule has 1 heterocycles. The first-order valence-electron chi connectivity index (χ1n) is 7.17. The number of aliphatic hydroxyl groups excluding tert-OH is 1. The number of hydrogen-bond donors (Lipinski definition) is 5. The molecule has 1 aromatic heterocycles. The van der Waals surface area contributed by atoms with E-state index in [4.69, 9.17) is 0 Å². The highest BCUT2D eigenvalue weighted by Gasteiger charge is 2.11. The van der Waals surface area contributed by atoms with E-state index in [1.54, 1.807) is 13.0 Å². The average molecular weight is 330 g/mol. The first kappa shape index (κ1) is 17.3. The molecule has 0 bridgehead atoms. The lowest BCUT2D eigenvalue weighted by molar-refractivity contribution is -0.116. The van der Waals surface area contributed by atoms with Gasteiger partial charge >= 0.3 is 0 Å². The first-order valence-corrected chi connectivity index (χ1v) is 7.17. The predicted molar refractivity (Wildman–Crippen MR) is 87.2 cm³/mol. The van der Waals surface area contributed by atoms with Gasteiger partial charge in [0.1, 0.15) is 5.75 Å². The lowest BCUT2D eigenvalue weighted by atomic mass is 10.1. The number of benzene rings is 1. The summed E-state index contributed by atoms with van der Waals surface area (Å²) in [5.74, 6) is -0.992. The maximum Gasteiger partial charge on any atom is 0.244 e. The second-order valence-corrected chi connectivity index (χ2v) is 5.15. The van der Waals surface area contributed by atoms with Crippen molar-refractivity contribution in [1.82, 2.24) is 10.3 Å². The van der Waals surface area contributed by atoms with E-state index in [-0.39, 0.29) is 30.4 Å². The molecule has 0 saturated heterocycles. The van der Waals surface area contributed by atoms with Crippen LogP contribution in [0.4, 0.5) is 0 Å². The normalized spacial score (nSPS) is 10.9. The standard InChI is InChI=1S/C17H18N2O5/c1-10-17(24)13(12(9-20)7-18-10)8-19-16(23)5-3-11-2-4-14(21)15(22)6-11/h2-7,20-22,24H,8-9H2,1H3,(H,19,23)/b5-3+. The number of aromatic hydroxyl groups is 3. The van der Waals surface area contributed by atoms with Crippen LogP contribution in [-0.4, -0.2) is 31.3 Å². The highest BCUT2D eigenvalue weighted by Crippen LogP contribution is 2.25. The SMILES string of the molecule is Cc1ncc(CO)c(CNC(=O)/C=C/c2ccc(O)c(O)c2)c1O. The van der Waals surface area contributed by atoms with Gasteiger partial charge in [0.05, 0.1) is 12.3 Å². The number of pyridine rings is 1. The fraction of sp³-hybridized carbons (Fsp3) is 0.176. The van der Waals surface area contributed by atoms with Gasteiger partial charge in [0.25, 0.3) is 0 Å². The Morgan fingerprint density at radius 2 is 2.00 bits per heavy atom. The van der Waals surface area contributed by atoms with Gasteiger partial charge in [0.15, 0.2) is 11.5 Å². The van der Waals surface area contributed by atoms with Gasteiger partial charge in [0, 0.05) is 29.9 Å². The van der Waals surface area contributed by atoms with Crippen LogP contribution in [0.3, 0.4) is 0 Å². The number of amides is 1. The first-order chi connectivity index (χ1) is 11.4. The number of aliphatic hydroxyl groups is 1. The van der Waals surface area contributed by atoms with Crippen molar-refractivity contribution in [3.8, 4) is 17.2 Å². The maximum atomic E-state index is 11.9. The van der Waals surface area contributed by atoms with Crippen LogP contribution in [0.25, 0.3) is 6.08 Å². The Labute approximate surface area is 138 Å². The highest BCUT2D eigenvalue weighted by molar-refractivity contribution is 5.91. The third-order valence-corrected chi connectivity index (χ3v) is 3.47. The minimum Gasteiger partial charge on any atom is -0.506 e. The number of carbonyl (C=O) groups excluding carboxylic acids is 1. The summed E-state index contributed by atoms with van der Waals surface area (Å²) in [6, 6.07) is 4.18. The number of phenolic OH excluding ortho intramolecular Hbond substituents is 2. The van der Waals surface area contributed by atoms with Crippen LogP contribution in [0.5, 0.6) is 17.2 Å². The van der Waals surface area contributed by atoms with Crippen molar-refractivity contribution in [2.75, 3.05) is 0 Å². The molecular formula is C17H18N2O5. The molecule has 5 N–H and O–H groups in total. The number of aromatic nitrogens is 1. The van der Waals surface area contributed by atoms with Crippen molar-refractivity contribution < 1.29 is 25.2 Å². The number of carbonyl (C=O) groups is 1. The molecule has 0 spiro atoms. The van der Waals surface area contributed by atoms with Gasteiger partial charge in [-0.05, 0) is 30.7 Å². The van der Waals surface area contributed by atoms with Gasteiger partial charge in [-0.15, -0.1) is 0 Å². The largest absolute Gasteiger partial charge is 0.506 e. The van der Waals surface area contributed by atoms with Crippen molar-refractivity contribution >= 4 is 12.0 Å². The minimum atomic E-state index is -0.416. The van der Waals surface area contributed by atoms with Crippen molar-refractivity contribution in [2.24, 2.45) is 0 Å². The summed E-state index contributed by atoms with van der Waals surface area (Å²) >= 11 is 0. The Morgan fingerprint density at radius 3 is 2.67 bits per heavy atom. The van der Waals surface area contributed by atoms with Crippen molar-refractivity contribution in [1.29, 1.82) is 0 Å². The number of hydrogen-bond acceptors (Lipinski definition) is 6. The van der Waals surface area contributed by atoms with E-state index in [2.05, 4.69) is 10.3 Å². The zero-order chi connectivity index (χ0) is 17.7. The molecule has 1 aromatic carbocycles. The van der Waals surface area contributed by atoms with Gasteiger partial charge in [-0.1, -0.05) is 6.07 Å². The molecule has 2 aromatic rings. The van der Waals surface area contributed by atoms with Gasteiger partial charge in [-0.3, -0.25) is 9.78 Å². The van der Waals surface area contributed by atoms with Crippen LogP contribution in [0.2, 0.25) is 0 Å². The number of rotatable bonds is 5. The molecule has 0 radical (unpaired) electrons. The van der Waals surface area contributed by atoms with E-state index in [1.807, 2.05) is 0 Å². The molecule has 1 amide bonds. The molecule has 0 atom stereocenters. The molecule has 24 heavy (non-hydrogen) atoms. The summed E-state index contributed by atoms with van der Waals surface area (Å²) in [5, 5.41) is 40.5. The van der Waals surface area contributed by atoms with E-state index >= 15 is 0 Å². The van der Waals surface area contributed by atoms with Gasteiger partial charge in [0.2, 0.25) is 5.91 Å². The minimum absolute atomic E-state index is 0.0368. The summed E-state index contributed by atoms with van der Waals surface area (Å²) in [7, 11) is 0. The molecule has 2 rings (SSSR count). The van der Waals surface area contributed by atoms with Crippen LogP contribution in [-0.2, 0) is 17.9 Å². The van der Waals surface area contributed by atoms with E-state index in [1.165, 1.54) is 30.5 Å². The van der Waals surface area contributed by atoms with Crippen molar-refractivity contribution in [2.45, 2.75) is 20.1 Å². The molecule has 0 unspecified atom stereocenters. The molecule has 7 nitrogen and oxygen atoms in total. The van der Waals surface area contributed by atoms with Crippen LogP contribution in [0, 0.1) is 6.92 Å². The molecule has 7 heteroatoms. The van der Waals surface area contributed by atoms with E-state index in [0.29, 0.717) is 22.4 Å². The Hall–Kier alpha value is -3.06. The van der Waals surface area contributed by atoms with Gasteiger partial charge in [-0.25, -0.2) is 0 Å². The molecule has 126 valence electrons. The summed E-state index contributed by atoms with van der Waals surface area (Å²) < 4.78 is 0. The van der Waals surface area contributed by atoms with E-state index in [9.17, 15) is 25.2 Å². The Balaban J connectivity index is 2.04. The van der Waals surface area contributed by atoms with E-state index < -0.39 is 5.91 Å². The zero-order valence-electron chi connectivity index (χ0n) is 13.0. The Morgan fingerprint density at radius 1 is 1.25 bits per heavy atom. The topological polar surface area (TPSA) is 123 Å². The monoisotopic (exact) mass is 330 g/mol. The molecule has 0 fully saturated rings. The molecule has 0 aliphatic rings. The van der Waals surface area contributed by atoms with Crippen LogP contribution < -0.4 is 5.32 Å². The number of phenols is 2. The maximum absolute atomic E-state index is 11.9. The second kappa shape index (κ2) is 7.47. The third-order valence-electron chi connectivity index (χ3n) is 3.47. The zero-order valence-corrected chi connectivity index (χ0v) is 13.0. The van der Waals surface area contributed by atoms with Crippen LogP contribution >= 0.6 is 0 Å². The molecular weight excluding hydrogens is 312 g/mol. The Bertz CT molecular complexity index is 787. The molecule has 0 saturated carbocycles. The number of nitrogens with zero attached hydrogens (tertiary/aromatic N) is 1. The summed E-state index contributed by atoms with van der Waals surface area (Å²) in [6.07, 6.45) is 4.18. The third kappa shape index (κ3) is 4.02. The summed E-state index contributed by atoms with van der Waals surface area (Å²) in [4.78, 5) is 15.8. The predicted octanol–water partition coefficient (Wildman–Crippen LogP) is 1.33. The smallest absolute Gasteiger partial charge is 0.244 e. The van der Waals surface area contributed by atoms with Crippen LogP contribution in [0.15, 0.2) is 30.5 Å². The van der Waals surface area contributed by atoms with Crippen LogP contribution in [0.1, 0.15) is 22.4 Å².